The maximum absolute atomic E-state index is 9.38. The fourth-order valence-electron chi connectivity index (χ4n) is 4.22. The molecule has 9 heteroatoms. The van der Waals surface area contributed by atoms with Crippen LogP contribution in [0.3, 0.4) is 0 Å². The summed E-state index contributed by atoms with van der Waals surface area (Å²) in [6.07, 6.45) is 3.31. The van der Waals surface area contributed by atoms with E-state index in [-0.39, 0.29) is 0 Å². The van der Waals surface area contributed by atoms with E-state index in [1.54, 1.807) is 37.7 Å². The van der Waals surface area contributed by atoms with E-state index in [1.807, 2.05) is 60.7 Å². The maximum atomic E-state index is 9.38. The molecule has 0 atom stereocenters. The number of nitrogens with zero attached hydrogens (tertiary/aromatic N) is 5. The Morgan fingerprint density at radius 1 is 0.872 bits per heavy atom. The van der Waals surface area contributed by atoms with Gasteiger partial charge < -0.3 is 14.8 Å². The average Bonchev–Trinajstić information content (AvgIpc) is 2.98. The maximum Gasteiger partial charge on any atom is 0.161 e. The fourth-order valence-corrected chi connectivity index (χ4v) is 4.38. The van der Waals surface area contributed by atoms with Gasteiger partial charge in [0.05, 0.1) is 29.4 Å². The van der Waals surface area contributed by atoms with Gasteiger partial charge in [-0.25, -0.2) is 4.98 Å². The van der Waals surface area contributed by atoms with Crippen LogP contribution >= 0.6 is 11.6 Å². The Kier molecular flexibility index (Phi) is 6.33. The molecule has 0 bridgehead atoms. The molecule has 0 aliphatic rings. The minimum atomic E-state index is 0.389. The normalized spacial score (nSPS) is 10.8. The first-order chi connectivity index (χ1) is 19.1. The molecule has 3 aromatic carbocycles. The van der Waals surface area contributed by atoms with Crippen molar-refractivity contribution < 1.29 is 9.47 Å². The summed E-state index contributed by atoms with van der Waals surface area (Å²) in [6, 6.07) is 26.3. The molecule has 0 saturated carbocycles. The quantitative estimate of drug-likeness (QED) is 0.239. The van der Waals surface area contributed by atoms with Crippen molar-refractivity contribution in [3.05, 3.63) is 102 Å². The van der Waals surface area contributed by atoms with E-state index in [9.17, 15) is 5.26 Å². The molecule has 3 heterocycles. The van der Waals surface area contributed by atoms with Gasteiger partial charge in [-0.1, -0.05) is 41.9 Å². The van der Waals surface area contributed by atoms with Gasteiger partial charge in [0.2, 0.25) is 0 Å². The molecule has 0 aliphatic carbocycles. The number of methoxy groups -OCH3 is 1. The van der Waals surface area contributed by atoms with Gasteiger partial charge >= 0.3 is 0 Å². The molecule has 6 rings (SSSR count). The van der Waals surface area contributed by atoms with Crippen LogP contribution in [-0.2, 0) is 0 Å². The van der Waals surface area contributed by atoms with Crippen LogP contribution in [0.25, 0.3) is 33.1 Å². The highest BCUT2D eigenvalue weighted by Crippen LogP contribution is 2.34. The summed E-state index contributed by atoms with van der Waals surface area (Å²) < 4.78 is 11.3. The number of pyridine rings is 2. The first kappa shape index (κ1) is 24.1. The van der Waals surface area contributed by atoms with Crippen LogP contribution in [-0.4, -0.2) is 27.3 Å². The van der Waals surface area contributed by atoms with Crippen molar-refractivity contribution in [3.63, 3.8) is 0 Å². The van der Waals surface area contributed by atoms with E-state index >= 15 is 0 Å². The number of hydrogen-bond acceptors (Lipinski definition) is 8. The second kappa shape index (κ2) is 10.2. The lowest BCUT2D eigenvalue weighted by molar-refractivity contribution is 0.413. The monoisotopic (exact) mass is 530 g/mol. The lowest BCUT2D eigenvalue weighted by atomic mass is 10.0. The first-order valence-electron chi connectivity index (χ1n) is 11.9. The minimum Gasteiger partial charge on any atom is -0.495 e. The zero-order chi connectivity index (χ0) is 26.8. The average molecular weight is 531 g/mol. The smallest absolute Gasteiger partial charge is 0.161 e. The Hall–Kier alpha value is -5.26. The van der Waals surface area contributed by atoms with Crippen LogP contribution in [0.15, 0.2) is 91.3 Å². The second-order valence-electron chi connectivity index (χ2n) is 8.55. The second-order valence-corrected chi connectivity index (χ2v) is 8.96. The number of ether oxygens (including phenoxy) is 2. The molecule has 39 heavy (non-hydrogen) atoms. The van der Waals surface area contributed by atoms with Crippen molar-refractivity contribution in [2.75, 3.05) is 12.4 Å². The van der Waals surface area contributed by atoms with Gasteiger partial charge in [0.1, 0.15) is 28.8 Å². The Bertz CT molecular complexity index is 1890. The molecule has 0 unspecified atom stereocenters. The molecule has 6 aromatic rings. The van der Waals surface area contributed by atoms with Crippen LogP contribution in [0.2, 0.25) is 5.02 Å². The molecule has 0 aliphatic heterocycles. The summed E-state index contributed by atoms with van der Waals surface area (Å²) in [5.41, 5.74) is 3.97. The highest BCUT2D eigenvalue weighted by Gasteiger charge is 2.13. The zero-order valence-corrected chi connectivity index (χ0v) is 21.3. The molecule has 0 saturated heterocycles. The van der Waals surface area contributed by atoms with Crippen LogP contribution in [0.5, 0.6) is 17.2 Å². The fraction of sp³-hybridized carbons (Fsp3) is 0.0333. The summed E-state index contributed by atoms with van der Waals surface area (Å²) in [6.45, 7) is 0. The third-order valence-corrected chi connectivity index (χ3v) is 6.47. The zero-order valence-electron chi connectivity index (χ0n) is 20.6. The largest absolute Gasteiger partial charge is 0.495 e. The van der Waals surface area contributed by atoms with Gasteiger partial charge in [0.25, 0.3) is 0 Å². The number of nitrogens with one attached hydrogen (secondary N) is 1. The topological polar surface area (TPSA) is 106 Å². The highest BCUT2D eigenvalue weighted by molar-refractivity contribution is 6.31. The molecule has 1 N–H and O–H groups in total. The van der Waals surface area contributed by atoms with E-state index in [1.165, 1.54) is 0 Å². The number of fused-ring (bicyclic) bond motifs is 2. The molecule has 3 aromatic heterocycles. The Morgan fingerprint density at radius 2 is 1.69 bits per heavy atom. The Morgan fingerprint density at radius 3 is 2.49 bits per heavy atom. The standard InChI is InChI=1S/C30H19ClN6O2/c1-38-22-15-26-29(34-17-22)27(12-13-33-26)39-21-9-7-20(8-10-21)35-30-24-5-3-2-4-23(24)28(36-37-30)18-6-11-25(31)19(14-18)16-32/h2-15,17H,1H3,(H,35,37). The predicted octanol–water partition coefficient (Wildman–Crippen LogP) is 7.31. The summed E-state index contributed by atoms with van der Waals surface area (Å²) in [4.78, 5) is 8.78. The van der Waals surface area contributed by atoms with E-state index in [0.29, 0.717) is 50.4 Å². The predicted molar refractivity (Wildman–Crippen MR) is 151 cm³/mol. The minimum absolute atomic E-state index is 0.389. The van der Waals surface area contributed by atoms with Crippen LogP contribution in [0.1, 0.15) is 5.56 Å². The molecule has 0 spiro atoms. The van der Waals surface area contributed by atoms with Gasteiger partial charge in [0.15, 0.2) is 11.6 Å². The molecule has 0 radical (unpaired) electrons. The lowest BCUT2D eigenvalue weighted by Crippen LogP contribution is -1.99. The number of halogens is 1. The van der Waals surface area contributed by atoms with Crippen molar-refractivity contribution >= 4 is 44.9 Å². The molecule has 8 nitrogen and oxygen atoms in total. The number of anilines is 2. The summed E-state index contributed by atoms with van der Waals surface area (Å²) in [5.74, 6) is 2.48. The van der Waals surface area contributed by atoms with Gasteiger partial charge in [-0.3, -0.25) is 4.98 Å². The first-order valence-corrected chi connectivity index (χ1v) is 12.3. The summed E-state index contributed by atoms with van der Waals surface area (Å²) in [7, 11) is 1.59. The van der Waals surface area contributed by atoms with Gasteiger partial charge in [-0.05, 0) is 36.4 Å². The van der Waals surface area contributed by atoms with E-state index in [4.69, 9.17) is 21.1 Å². The molecular weight excluding hydrogens is 512 g/mol. The van der Waals surface area contributed by atoms with Crippen molar-refractivity contribution in [3.8, 4) is 34.6 Å². The van der Waals surface area contributed by atoms with Gasteiger partial charge in [0, 0.05) is 40.4 Å². The Labute approximate surface area is 228 Å². The SMILES string of the molecule is COc1cnc2c(Oc3ccc(Nc4nnc(-c5ccc(Cl)c(C#N)c5)c5ccccc45)cc3)ccnc2c1. The number of aromatic nitrogens is 4. The summed E-state index contributed by atoms with van der Waals surface area (Å²) in [5, 5.41) is 23.9. The van der Waals surface area contributed by atoms with Crippen LogP contribution in [0, 0.1) is 11.3 Å². The molecule has 0 fully saturated rings. The van der Waals surface area contributed by atoms with Crippen molar-refractivity contribution in [2.24, 2.45) is 0 Å². The molecular formula is C30H19ClN6O2. The van der Waals surface area contributed by atoms with Gasteiger partial charge in [-0.2, -0.15) is 5.26 Å². The number of benzene rings is 3. The third-order valence-electron chi connectivity index (χ3n) is 6.14. The molecule has 188 valence electrons. The number of nitriles is 1. The van der Waals surface area contributed by atoms with Crippen LogP contribution in [0.4, 0.5) is 11.5 Å². The van der Waals surface area contributed by atoms with E-state index < -0.39 is 0 Å². The highest BCUT2D eigenvalue weighted by atomic mass is 35.5. The number of hydrogen-bond donors (Lipinski definition) is 1. The van der Waals surface area contributed by atoms with Crippen molar-refractivity contribution in [1.82, 2.24) is 20.2 Å². The lowest BCUT2D eigenvalue weighted by Gasteiger charge is -2.12. The Balaban J connectivity index is 1.27. The van der Waals surface area contributed by atoms with E-state index in [2.05, 4.69) is 31.6 Å². The number of rotatable bonds is 6. The third kappa shape index (κ3) is 4.75. The van der Waals surface area contributed by atoms with Crippen molar-refractivity contribution in [2.45, 2.75) is 0 Å². The van der Waals surface area contributed by atoms with Crippen molar-refractivity contribution in [1.29, 1.82) is 5.26 Å². The van der Waals surface area contributed by atoms with Crippen LogP contribution < -0.4 is 14.8 Å². The van der Waals surface area contributed by atoms with E-state index in [0.717, 1.165) is 22.0 Å². The summed E-state index contributed by atoms with van der Waals surface area (Å²) >= 11 is 6.12. The van der Waals surface area contributed by atoms with Gasteiger partial charge in [-0.15, -0.1) is 10.2 Å². The molecule has 0 amide bonds.